The van der Waals surface area contributed by atoms with E-state index >= 15 is 0 Å². The van der Waals surface area contributed by atoms with Crippen LogP contribution in [-0.4, -0.2) is 28.3 Å². The molecule has 3 heterocycles. The van der Waals surface area contributed by atoms with Gasteiger partial charge in [-0.25, -0.2) is 9.97 Å². The van der Waals surface area contributed by atoms with E-state index in [0.717, 1.165) is 20.8 Å². The Morgan fingerprint density at radius 3 is 2.42 bits per heavy atom. The van der Waals surface area contributed by atoms with Gasteiger partial charge in [-0.1, -0.05) is 11.3 Å². The van der Waals surface area contributed by atoms with Crippen molar-refractivity contribution in [1.29, 1.82) is 0 Å². The lowest BCUT2D eigenvalue weighted by molar-refractivity contribution is 0.00578. The molecule has 3 rings (SSSR count). The van der Waals surface area contributed by atoms with Gasteiger partial charge in [-0.15, -0.1) is 0 Å². The average molecular weight is 276 g/mol. The molecule has 2 aromatic rings. The first-order valence-corrected chi connectivity index (χ1v) is 7.19. The molecule has 1 aliphatic heterocycles. The predicted octanol–water partition coefficient (Wildman–Crippen LogP) is 2.30. The predicted molar refractivity (Wildman–Crippen MR) is 77.9 cm³/mol. The minimum atomic E-state index is -0.371. The van der Waals surface area contributed by atoms with Crippen molar-refractivity contribution in [3.8, 4) is 0 Å². The molecule has 0 unspecified atom stereocenters. The second-order valence-corrected chi connectivity index (χ2v) is 7.10. The Balaban J connectivity index is 1.97. The van der Waals surface area contributed by atoms with E-state index in [4.69, 9.17) is 9.31 Å². The van der Waals surface area contributed by atoms with Crippen LogP contribution in [0.5, 0.6) is 0 Å². The maximum Gasteiger partial charge on any atom is 0.496 e. The van der Waals surface area contributed by atoms with Crippen molar-refractivity contribution in [3.05, 3.63) is 17.3 Å². The summed E-state index contributed by atoms with van der Waals surface area (Å²) in [6, 6.07) is 2.01. The molecule has 0 amide bonds. The number of fused-ring (bicyclic) bond motifs is 1. The molecule has 0 N–H and O–H groups in total. The Morgan fingerprint density at radius 2 is 1.79 bits per heavy atom. The molecule has 4 nitrogen and oxygen atoms in total. The molecule has 0 atom stereocenters. The molecule has 100 valence electrons. The van der Waals surface area contributed by atoms with Crippen LogP contribution >= 0.6 is 11.3 Å². The summed E-state index contributed by atoms with van der Waals surface area (Å²) < 4.78 is 12.0. The third kappa shape index (κ3) is 2.08. The molecule has 0 radical (unpaired) electrons. The molecule has 0 spiro atoms. The standard InChI is InChI=1S/C13H17BN2O2S/c1-8-16-10-6-9(7-15-11(10)19-8)14-17-12(2,3)13(4,5)18-14/h6-7H,1-5H3. The third-order valence-electron chi connectivity index (χ3n) is 3.90. The highest BCUT2D eigenvalue weighted by atomic mass is 32.1. The average Bonchev–Trinajstić information content (AvgIpc) is 2.74. The van der Waals surface area contributed by atoms with Gasteiger partial charge in [-0.3, -0.25) is 0 Å². The Bertz CT molecular complexity index is 623. The molecule has 6 heteroatoms. The summed E-state index contributed by atoms with van der Waals surface area (Å²) in [4.78, 5) is 9.86. The van der Waals surface area contributed by atoms with Crippen LogP contribution in [0.25, 0.3) is 10.3 Å². The van der Waals surface area contributed by atoms with Gasteiger partial charge >= 0.3 is 7.12 Å². The summed E-state index contributed by atoms with van der Waals surface area (Å²) in [6.07, 6.45) is 1.82. The zero-order chi connectivity index (χ0) is 13.8. The van der Waals surface area contributed by atoms with Gasteiger partial charge in [0.05, 0.1) is 21.7 Å². The van der Waals surface area contributed by atoms with Gasteiger partial charge in [-0.05, 0) is 40.7 Å². The normalized spacial score (nSPS) is 21.2. The minimum Gasteiger partial charge on any atom is -0.399 e. The summed E-state index contributed by atoms with van der Waals surface area (Å²) in [6.45, 7) is 10.2. The number of aryl methyl sites for hydroxylation is 1. The van der Waals surface area contributed by atoms with Gasteiger partial charge in [0.25, 0.3) is 0 Å². The summed E-state index contributed by atoms with van der Waals surface area (Å²) in [5.41, 5.74) is 1.18. The molecular weight excluding hydrogens is 259 g/mol. The Morgan fingerprint density at radius 1 is 1.16 bits per heavy atom. The van der Waals surface area contributed by atoms with Gasteiger partial charge in [0.1, 0.15) is 4.83 Å². The lowest BCUT2D eigenvalue weighted by Crippen LogP contribution is -2.41. The van der Waals surface area contributed by atoms with E-state index in [1.54, 1.807) is 11.3 Å². The van der Waals surface area contributed by atoms with E-state index in [9.17, 15) is 0 Å². The van der Waals surface area contributed by atoms with Crippen LogP contribution in [-0.2, 0) is 9.31 Å². The number of thiazole rings is 1. The maximum atomic E-state index is 6.02. The summed E-state index contributed by atoms with van der Waals surface area (Å²) >= 11 is 1.60. The van der Waals surface area contributed by atoms with Crippen LogP contribution in [0.1, 0.15) is 32.7 Å². The Labute approximate surface area is 117 Å². The van der Waals surface area contributed by atoms with Crippen molar-refractivity contribution in [3.63, 3.8) is 0 Å². The second kappa shape index (κ2) is 4.01. The van der Waals surface area contributed by atoms with E-state index in [1.807, 2.05) is 46.9 Å². The van der Waals surface area contributed by atoms with Crippen LogP contribution in [0.15, 0.2) is 12.3 Å². The van der Waals surface area contributed by atoms with E-state index < -0.39 is 0 Å². The van der Waals surface area contributed by atoms with Crippen LogP contribution in [0.2, 0.25) is 0 Å². The van der Waals surface area contributed by atoms with E-state index in [2.05, 4.69) is 9.97 Å². The number of nitrogens with zero attached hydrogens (tertiary/aromatic N) is 2. The number of hydrogen-bond acceptors (Lipinski definition) is 5. The number of hydrogen-bond donors (Lipinski definition) is 0. The van der Waals surface area contributed by atoms with Crippen molar-refractivity contribution in [1.82, 2.24) is 9.97 Å². The monoisotopic (exact) mass is 276 g/mol. The topological polar surface area (TPSA) is 44.2 Å². The summed E-state index contributed by atoms with van der Waals surface area (Å²) in [5, 5.41) is 1.02. The molecule has 2 aromatic heterocycles. The van der Waals surface area contributed by atoms with Crippen molar-refractivity contribution < 1.29 is 9.31 Å². The quantitative estimate of drug-likeness (QED) is 0.750. The van der Waals surface area contributed by atoms with Gasteiger partial charge in [-0.2, -0.15) is 0 Å². The summed E-state index contributed by atoms with van der Waals surface area (Å²) in [7, 11) is -0.371. The van der Waals surface area contributed by atoms with E-state index in [1.165, 1.54) is 0 Å². The molecule has 1 aliphatic rings. The molecule has 1 saturated heterocycles. The molecular formula is C13H17BN2O2S. The van der Waals surface area contributed by atoms with Crippen molar-refractivity contribution in [2.75, 3.05) is 0 Å². The highest BCUT2D eigenvalue weighted by Gasteiger charge is 2.51. The van der Waals surface area contributed by atoms with Crippen molar-refractivity contribution >= 4 is 34.3 Å². The fourth-order valence-electron chi connectivity index (χ4n) is 2.06. The van der Waals surface area contributed by atoms with Crippen LogP contribution in [0.4, 0.5) is 0 Å². The van der Waals surface area contributed by atoms with Gasteiger partial charge in [0, 0.05) is 11.7 Å². The van der Waals surface area contributed by atoms with Crippen LogP contribution < -0.4 is 5.46 Å². The van der Waals surface area contributed by atoms with E-state index in [0.29, 0.717) is 0 Å². The Kier molecular flexibility index (Phi) is 2.75. The first kappa shape index (κ1) is 13.0. The number of aromatic nitrogens is 2. The summed E-state index contributed by atoms with van der Waals surface area (Å²) in [5.74, 6) is 0. The fourth-order valence-corrected chi connectivity index (χ4v) is 2.79. The lowest BCUT2D eigenvalue weighted by Gasteiger charge is -2.32. The fraction of sp³-hybridized carbons (Fsp3) is 0.538. The zero-order valence-corrected chi connectivity index (χ0v) is 12.7. The maximum absolute atomic E-state index is 6.02. The minimum absolute atomic E-state index is 0.329. The van der Waals surface area contributed by atoms with Crippen molar-refractivity contribution in [2.24, 2.45) is 0 Å². The molecule has 0 bridgehead atoms. The SMILES string of the molecule is Cc1nc2cc(B3OC(C)(C)C(C)(C)O3)cnc2s1. The smallest absolute Gasteiger partial charge is 0.399 e. The second-order valence-electron chi connectivity index (χ2n) is 5.91. The van der Waals surface area contributed by atoms with Crippen LogP contribution in [0, 0.1) is 6.92 Å². The van der Waals surface area contributed by atoms with Gasteiger partial charge < -0.3 is 9.31 Å². The first-order chi connectivity index (χ1) is 8.78. The molecule has 1 fully saturated rings. The van der Waals surface area contributed by atoms with E-state index in [-0.39, 0.29) is 18.3 Å². The first-order valence-electron chi connectivity index (χ1n) is 6.37. The zero-order valence-electron chi connectivity index (χ0n) is 11.9. The van der Waals surface area contributed by atoms with Crippen LogP contribution in [0.3, 0.4) is 0 Å². The molecule has 19 heavy (non-hydrogen) atoms. The molecule has 0 aromatic carbocycles. The number of rotatable bonds is 1. The number of pyridine rings is 1. The van der Waals surface area contributed by atoms with Gasteiger partial charge in [0.15, 0.2) is 0 Å². The highest BCUT2D eigenvalue weighted by molar-refractivity contribution is 7.18. The van der Waals surface area contributed by atoms with Gasteiger partial charge in [0.2, 0.25) is 0 Å². The highest BCUT2D eigenvalue weighted by Crippen LogP contribution is 2.36. The van der Waals surface area contributed by atoms with Crippen molar-refractivity contribution in [2.45, 2.75) is 45.8 Å². The molecule has 0 aliphatic carbocycles. The largest absolute Gasteiger partial charge is 0.496 e. The molecule has 0 saturated carbocycles. The lowest BCUT2D eigenvalue weighted by atomic mass is 9.80. The third-order valence-corrected chi connectivity index (χ3v) is 4.80. The Hall–Kier alpha value is -0.975.